The highest BCUT2D eigenvalue weighted by Gasteiger charge is 2.15. The molecule has 0 saturated carbocycles. The normalized spacial score (nSPS) is 12.8. The number of aryl methyl sites for hydroxylation is 2. The summed E-state index contributed by atoms with van der Waals surface area (Å²) in [6, 6.07) is 8.14. The summed E-state index contributed by atoms with van der Waals surface area (Å²) >= 11 is 0. The number of hydrogen-bond acceptors (Lipinski definition) is 1. The molecular weight excluding hydrogens is 205 g/mol. The molecule has 2 rings (SSSR count). The van der Waals surface area contributed by atoms with Gasteiger partial charge in [0.05, 0.1) is 5.69 Å². The molecule has 0 bridgehead atoms. The third-order valence-corrected chi connectivity index (χ3v) is 2.80. The lowest BCUT2D eigenvalue weighted by atomic mass is 10.0. The molecule has 0 unspecified atom stereocenters. The Balaban J connectivity index is 2.45. The fourth-order valence-electron chi connectivity index (χ4n) is 1.82. The molecule has 0 aliphatic heterocycles. The molecule has 0 amide bonds. The van der Waals surface area contributed by atoms with Gasteiger partial charge in [-0.3, -0.25) is 0 Å². The van der Waals surface area contributed by atoms with E-state index < -0.39 is 6.10 Å². The van der Waals surface area contributed by atoms with Crippen molar-refractivity contribution in [3.63, 3.8) is 0 Å². The van der Waals surface area contributed by atoms with E-state index in [1.54, 1.807) is 6.07 Å². The van der Waals surface area contributed by atoms with Crippen molar-refractivity contribution >= 4 is 0 Å². The summed E-state index contributed by atoms with van der Waals surface area (Å²) in [5.41, 5.74) is 2.26. The highest BCUT2D eigenvalue weighted by molar-refractivity contribution is 5.33. The van der Waals surface area contributed by atoms with E-state index in [0.29, 0.717) is 5.56 Å². The maximum atomic E-state index is 13.1. The molecule has 16 heavy (non-hydrogen) atoms. The first-order chi connectivity index (χ1) is 7.59. The Bertz CT molecular complexity index is 504. The molecule has 0 spiro atoms. The molecule has 2 aromatic rings. The van der Waals surface area contributed by atoms with Crippen LogP contribution in [0.2, 0.25) is 0 Å². The predicted molar refractivity (Wildman–Crippen MR) is 60.6 cm³/mol. The number of aliphatic hydroxyl groups is 1. The Hall–Kier alpha value is -1.61. The minimum Gasteiger partial charge on any atom is -0.382 e. The Morgan fingerprint density at radius 2 is 2.06 bits per heavy atom. The van der Waals surface area contributed by atoms with E-state index in [-0.39, 0.29) is 5.82 Å². The number of hydrogen-bond donors (Lipinski definition) is 1. The van der Waals surface area contributed by atoms with Gasteiger partial charge in [-0.2, -0.15) is 0 Å². The van der Waals surface area contributed by atoms with Crippen LogP contribution in [0, 0.1) is 12.7 Å². The van der Waals surface area contributed by atoms with Gasteiger partial charge in [0.2, 0.25) is 0 Å². The number of nitrogens with zero attached hydrogens (tertiary/aromatic N) is 1. The van der Waals surface area contributed by atoms with E-state index in [1.807, 2.05) is 36.9 Å². The van der Waals surface area contributed by atoms with Gasteiger partial charge in [0.25, 0.3) is 0 Å². The average molecular weight is 219 g/mol. The second-order valence-corrected chi connectivity index (χ2v) is 3.95. The predicted octanol–water partition coefficient (Wildman–Crippen LogP) is 2.55. The second-order valence-electron chi connectivity index (χ2n) is 3.95. The maximum absolute atomic E-state index is 13.1. The Morgan fingerprint density at radius 3 is 2.69 bits per heavy atom. The van der Waals surface area contributed by atoms with E-state index in [1.165, 1.54) is 12.1 Å². The van der Waals surface area contributed by atoms with Gasteiger partial charge in [-0.15, -0.1) is 0 Å². The second kappa shape index (κ2) is 4.10. The summed E-state index contributed by atoms with van der Waals surface area (Å²) in [4.78, 5) is 0. The minimum atomic E-state index is -0.782. The van der Waals surface area contributed by atoms with Crippen LogP contribution in [-0.4, -0.2) is 9.67 Å². The van der Waals surface area contributed by atoms with Crippen LogP contribution < -0.4 is 0 Å². The molecule has 2 nitrogen and oxygen atoms in total. The number of aliphatic hydroxyl groups excluding tert-OH is 1. The van der Waals surface area contributed by atoms with Gasteiger partial charge in [-0.25, -0.2) is 4.39 Å². The first-order valence-electron chi connectivity index (χ1n) is 5.15. The van der Waals surface area contributed by atoms with Gasteiger partial charge in [0, 0.05) is 13.2 Å². The van der Waals surface area contributed by atoms with E-state index in [0.717, 1.165) is 11.3 Å². The monoisotopic (exact) mass is 219 g/mol. The summed E-state index contributed by atoms with van der Waals surface area (Å²) < 4.78 is 15.0. The Morgan fingerprint density at radius 1 is 1.31 bits per heavy atom. The van der Waals surface area contributed by atoms with Crippen molar-refractivity contribution in [1.82, 2.24) is 4.57 Å². The summed E-state index contributed by atoms with van der Waals surface area (Å²) in [5, 5.41) is 10.2. The van der Waals surface area contributed by atoms with E-state index in [2.05, 4.69) is 0 Å². The lowest BCUT2D eigenvalue weighted by molar-refractivity contribution is 0.210. The smallest absolute Gasteiger partial charge is 0.123 e. The summed E-state index contributed by atoms with van der Waals surface area (Å²) in [7, 11) is 1.85. The van der Waals surface area contributed by atoms with Crippen LogP contribution in [0.25, 0.3) is 0 Å². The van der Waals surface area contributed by atoms with Gasteiger partial charge in [-0.1, -0.05) is 6.07 Å². The molecule has 1 atom stereocenters. The van der Waals surface area contributed by atoms with E-state index >= 15 is 0 Å². The van der Waals surface area contributed by atoms with Crippen LogP contribution in [0.5, 0.6) is 0 Å². The highest BCUT2D eigenvalue weighted by atomic mass is 19.1. The fraction of sp³-hybridized carbons (Fsp3) is 0.231. The number of aromatic nitrogens is 1. The topological polar surface area (TPSA) is 25.2 Å². The molecule has 1 N–H and O–H groups in total. The molecule has 1 aromatic heterocycles. The lowest BCUT2D eigenvalue weighted by Crippen LogP contribution is -2.07. The molecular formula is C13H14FNO. The zero-order chi connectivity index (χ0) is 11.7. The lowest BCUT2D eigenvalue weighted by Gasteiger charge is -2.14. The summed E-state index contributed by atoms with van der Waals surface area (Å²) in [6.07, 6.45) is 1.07. The Kier molecular flexibility index (Phi) is 2.79. The fourth-order valence-corrected chi connectivity index (χ4v) is 1.82. The third kappa shape index (κ3) is 1.86. The van der Waals surface area contributed by atoms with Crippen LogP contribution in [0.15, 0.2) is 36.5 Å². The SMILES string of the molecule is Cc1ccc(F)cc1[C@H](O)c1cccn1C. The molecule has 0 aliphatic carbocycles. The number of benzene rings is 1. The average Bonchev–Trinajstić information content (AvgIpc) is 2.67. The first kappa shape index (κ1) is 10.9. The summed E-state index contributed by atoms with van der Waals surface area (Å²) in [5.74, 6) is -0.325. The largest absolute Gasteiger partial charge is 0.382 e. The summed E-state index contributed by atoms with van der Waals surface area (Å²) in [6.45, 7) is 1.86. The highest BCUT2D eigenvalue weighted by Crippen LogP contribution is 2.25. The van der Waals surface area contributed by atoms with Crippen molar-refractivity contribution in [2.24, 2.45) is 7.05 Å². The molecule has 0 radical (unpaired) electrons. The van der Waals surface area contributed by atoms with Crippen LogP contribution in [0.4, 0.5) is 4.39 Å². The standard InChI is InChI=1S/C13H14FNO/c1-9-5-6-10(14)8-11(9)13(16)12-4-3-7-15(12)2/h3-8,13,16H,1-2H3/t13-/m0/s1. The van der Waals surface area contributed by atoms with E-state index in [9.17, 15) is 9.50 Å². The molecule has 0 aliphatic rings. The number of rotatable bonds is 2. The molecule has 1 aromatic carbocycles. The quantitative estimate of drug-likeness (QED) is 0.825. The molecule has 0 saturated heterocycles. The van der Waals surface area contributed by atoms with Gasteiger partial charge >= 0.3 is 0 Å². The van der Waals surface area contributed by atoms with Gasteiger partial charge in [0.15, 0.2) is 0 Å². The van der Waals surface area contributed by atoms with Crippen molar-refractivity contribution in [2.45, 2.75) is 13.0 Å². The van der Waals surface area contributed by atoms with Crippen molar-refractivity contribution < 1.29 is 9.50 Å². The molecule has 0 fully saturated rings. The van der Waals surface area contributed by atoms with Crippen LogP contribution >= 0.6 is 0 Å². The third-order valence-electron chi connectivity index (χ3n) is 2.80. The molecule has 3 heteroatoms. The molecule has 1 heterocycles. The van der Waals surface area contributed by atoms with Crippen molar-refractivity contribution in [3.8, 4) is 0 Å². The van der Waals surface area contributed by atoms with Gasteiger partial charge in [0.1, 0.15) is 11.9 Å². The van der Waals surface area contributed by atoms with Crippen LogP contribution in [-0.2, 0) is 7.05 Å². The first-order valence-corrected chi connectivity index (χ1v) is 5.15. The van der Waals surface area contributed by atoms with Crippen molar-refractivity contribution in [3.05, 3.63) is 59.2 Å². The zero-order valence-electron chi connectivity index (χ0n) is 9.31. The minimum absolute atomic E-state index is 0.325. The number of halogens is 1. The van der Waals surface area contributed by atoms with Gasteiger partial charge in [-0.05, 0) is 42.3 Å². The van der Waals surface area contributed by atoms with Crippen molar-refractivity contribution in [1.29, 1.82) is 0 Å². The van der Waals surface area contributed by atoms with Crippen LogP contribution in [0.1, 0.15) is 22.9 Å². The Labute approximate surface area is 94.0 Å². The van der Waals surface area contributed by atoms with Gasteiger partial charge < -0.3 is 9.67 Å². The molecule has 84 valence electrons. The maximum Gasteiger partial charge on any atom is 0.123 e. The zero-order valence-corrected chi connectivity index (χ0v) is 9.31. The van der Waals surface area contributed by atoms with Crippen molar-refractivity contribution in [2.75, 3.05) is 0 Å². The van der Waals surface area contributed by atoms with E-state index in [4.69, 9.17) is 0 Å². The van der Waals surface area contributed by atoms with Crippen LogP contribution in [0.3, 0.4) is 0 Å².